The third-order valence-electron chi connectivity index (χ3n) is 3.63. The lowest BCUT2D eigenvalue weighted by Gasteiger charge is -2.07. The second-order valence-electron chi connectivity index (χ2n) is 5.31. The lowest BCUT2D eigenvalue weighted by Crippen LogP contribution is -2.25. The number of nitrogens with zero attached hydrogens (tertiary/aromatic N) is 2. The van der Waals surface area contributed by atoms with Crippen LogP contribution in [0.25, 0.3) is 5.65 Å². The van der Waals surface area contributed by atoms with Gasteiger partial charge < -0.3 is 10.4 Å². The van der Waals surface area contributed by atoms with E-state index in [1.807, 2.05) is 0 Å². The molecule has 0 radical (unpaired) electrons. The molecule has 2 heterocycles. The van der Waals surface area contributed by atoms with Crippen molar-refractivity contribution in [2.24, 2.45) is 0 Å². The number of carbonyl (C=O) groups is 2. The first kappa shape index (κ1) is 16.0. The van der Waals surface area contributed by atoms with Gasteiger partial charge in [0.2, 0.25) is 0 Å². The van der Waals surface area contributed by atoms with Crippen molar-refractivity contribution >= 4 is 29.1 Å². The van der Waals surface area contributed by atoms with E-state index in [0.29, 0.717) is 22.1 Å². The van der Waals surface area contributed by atoms with E-state index in [1.54, 1.807) is 41.8 Å². The van der Waals surface area contributed by atoms with Crippen LogP contribution in [0.3, 0.4) is 0 Å². The van der Waals surface area contributed by atoms with Crippen molar-refractivity contribution in [2.45, 2.75) is 13.5 Å². The normalized spacial score (nSPS) is 10.8. The van der Waals surface area contributed by atoms with Crippen LogP contribution in [0.2, 0.25) is 5.02 Å². The van der Waals surface area contributed by atoms with Gasteiger partial charge in [0, 0.05) is 12.7 Å². The number of halogens is 1. The van der Waals surface area contributed by atoms with Gasteiger partial charge in [-0.05, 0) is 36.8 Å². The lowest BCUT2D eigenvalue weighted by atomic mass is 10.1. The number of imidazole rings is 1. The van der Waals surface area contributed by atoms with Gasteiger partial charge in [-0.15, -0.1) is 0 Å². The molecular weight excluding hydrogens is 330 g/mol. The van der Waals surface area contributed by atoms with Crippen LogP contribution in [0, 0.1) is 6.92 Å². The molecular formula is C17H14ClN3O3. The third-order valence-corrected chi connectivity index (χ3v) is 3.85. The molecule has 2 N–H and O–H groups in total. The Balaban J connectivity index is 1.79. The summed E-state index contributed by atoms with van der Waals surface area (Å²) in [7, 11) is 0. The molecule has 1 aromatic carbocycles. The molecule has 0 fully saturated rings. The average molecular weight is 344 g/mol. The molecule has 0 unspecified atom stereocenters. The molecule has 0 bridgehead atoms. The highest BCUT2D eigenvalue weighted by Crippen LogP contribution is 2.16. The molecule has 0 saturated heterocycles. The van der Waals surface area contributed by atoms with E-state index in [2.05, 4.69) is 10.3 Å². The molecule has 0 aliphatic carbocycles. The fourth-order valence-electron chi connectivity index (χ4n) is 2.44. The summed E-state index contributed by atoms with van der Waals surface area (Å²) in [6.45, 7) is 2.05. The number of carboxylic acids is 1. The summed E-state index contributed by atoms with van der Waals surface area (Å²) in [5, 5.41) is 12.2. The van der Waals surface area contributed by atoms with Gasteiger partial charge in [0.1, 0.15) is 11.3 Å². The van der Waals surface area contributed by atoms with Crippen LogP contribution in [-0.4, -0.2) is 26.4 Å². The maximum Gasteiger partial charge on any atom is 0.335 e. The number of rotatable bonds is 4. The van der Waals surface area contributed by atoms with Crippen LogP contribution >= 0.6 is 11.6 Å². The van der Waals surface area contributed by atoms with E-state index in [1.165, 1.54) is 12.1 Å². The fourth-order valence-corrected chi connectivity index (χ4v) is 2.60. The molecule has 24 heavy (non-hydrogen) atoms. The zero-order chi connectivity index (χ0) is 17.3. The number of amides is 1. The van der Waals surface area contributed by atoms with Crippen LogP contribution in [0.1, 0.15) is 32.1 Å². The molecule has 122 valence electrons. The molecule has 6 nitrogen and oxygen atoms in total. The summed E-state index contributed by atoms with van der Waals surface area (Å²) in [5.74, 6) is -1.26. The number of aromatic carboxylic acids is 1. The Hall–Kier alpha value is -2.86. The molecule has 3 rings (SSSR count). The number of carbonyl (C=O) groups excluding carboxylic acids is 1. The summed E-state index contributed by atoms with van der Waals surface area (Å²) in [4.78, 5) is 27.7. The first-order chi connectivity index (χ1) is 11.5. The summed E-state index contributed by atoms with van der Waals surface area (Å²) in [5.41, 5.74) is 2.69. The van der Waals surface area contributed by atoms with Gasteiger partial charge in [0.25, 0.3) is 5.91 Å². The van der Waals surface area contributed by atoms with Gasteiger partial charge >= 0.3 is 5.97 Å². The largest absolute Gasteiger partial charge is 0.478 e. The number of carboxylic acid groups (broad SMARTS) is 1. The fraction of sp³-hybridized carbons (Fsp3) is 0.118. The Kier molecular flexibility index (Phi) is 4.22. The molecule has 0 saturated carbocycles. The number of aromatic nitrogens is 2. The Bertz CT molecular complexity index is 932. The van der Waals surface area contributed by atoms with E-state index in [0.717, 1.165) is 5.56 Å². The molecule has 7 heteroatoms. The van der Waals surface area contributed by atoms with Crippen molar-refractivity contribution in [3.05, 3.63) is 70.1 Å². The molecule has 0 aliphatic heterocycles. The summed E-state index contributed by atoms with van der Waals surface area (Å²) >= 11 is 5.99. The van der Waals surface area contributed by atoms with Gasteiger partial charge in [-0.2, -0.15) is 0 Å². The summed E-state index contributed by atoms with van der Waals surface area (Å²) in [6.07, 6.45) is 1.65. The number of benzene rings is 1. The summed E-state index contributed by atoms with van der Waals surface area (Å²) in [6, 6.07) is 9.81. The Morgan fingerprint density at radius 1 is 1.21 bits per heavy atom. The highest BCUT2D eigenvalue weighted by molar-refractivity contribution is 6.30. The van der Waals surface area contributed by atoms with Crippen LogP contribution < -0.4 is 5.32 Å². The molecule has 0 aliphatic rings. The molecule has 1 amide bonds. The molecule has 3 aromatic rings. The highest BCUT2D eigenvalue weighted by atomic mass is 35.5. The van der Waals surface area contributed by atoms with Gasteiger partial charge in [-0.1, -0.05) is 23.7 Å². The van der Waals surface area contributed by atoms with Crippen LogP contribution in [0.15, 0.2) is 42.6 Å². The zero-order valence-corrected chi connectivity index (χ0v) is 13.5. The number of hydrogen-bond acceptors (Lipinski definition) is 3. The van der Waals surface area contributed by atoms with Crippen molar-refractivity contribution in [3.63, 3.8) is 0 Å². The van der Waals surface area contributed by atoms with Crippen molar-refractivity contribution in [1.82, 2.24) is 14.7 Å². The Morgan fingerprint density at radius 3 is 2.58 bits per heavy atom. The van der Waals surface area contributed by atoms with E-state index in [-0.39, 0.29) is 18.0 Å². The first-order valence-corrected chi connectivity index (χ1v) is 7.58. The number of pyridine rings is 1. The highest BCUT2D eigenvalue weighted by Gasteiger charge is 2.16. The number of nitrogens with one attached hydrogen (secondary N) is 1. The van der Waals surface area contributed by atoms with E-state index >= 15 is 0 Å². The van der Waals surface area contributed by atoms with Crippen molar-refractivity contribution in [1.29, 1.82) is 0 Å². The first-order valence-electron chi connectivity index (χ1n) is 7.20. The van der Waals surface area contributed by atoms with Crippen molar-refractivity contribution in [3.8, 4) is 0 Å². The topological polar surface area (TPSA) is 83.7 Å². The van der Waals surface area contributed by atoms with Crippen molar-refractivity contribution < 1.29 is 14.7 Å². The number of fused-ring (bicyclic) bond motifs is 1. The van der Waals surface area contributed by atoms with Gasteiger partial charge in [-0.25, -0.2) is 9.78 Å². The minimum atomic E-state index is -0.983. The quantitative estimate of drug-likeness (QED) is 0.763. The SMILES string of the molecule is Cc1nc2ccc(Cl)cn2c1C(=O)NCc1ccc(C(=O)O)cc1. The van der Waals surface area contributed by atoms with Gasteiger partial charge in [-0.3, -0.25) is 9.20 Å². The van der Waals surface area contributed by atoms with Crippen LogP contribution in [0.4, 0.5) is 0 Å². The van der Waals surface area contributed by atoms with Crippen LogP contribution in [-0.2, 0) is 6.54 Å². The van der Waals surface area contributed by atoms with Crippen molar-refractivity contribution in [2.75, 3.05) is 0 Å². The Morgan fingerprint density at radius 2 is 1.92 bits per heavy atom. The number of hydrogen-bond donors (Lipinski definition) is 2. The predicted octanol–water partition coefficient (Wildman–Crippen LogP) is 2.92. The predicted molar refractivity (Wildman–Crippen MR) is 89.5 cm³/mol. The van der Waals surface area contributed by atoms with E-state index < -0.39 is 5.97 Å². The summed E-state index contributed by atoms with van der Waals surface area (Å²) < 4.78 is 1.65. The van der Waals surface area contributed by atoms with E-state index in [9.17, 15) is 9.59 Å². The molecule has 0 spiro atoms. The smallest absolute Gasteiger partial charge is 0.335 e. The second kappa shape index (κ2) is 6.33. The standard InChI is InChI=1S/C17H14ClN3O3/c1-10-15(21-9-13(18)6-7-14(21)20-10)16(22)19-8-11-2-4-12(5-3-11)17(23)24/h2-7,9H,8H2,1H3,(H,19,22)(H,23,24). The second-order valence-corrected chi connectivity index (χ2v) is 5.74. The monoisotopic (exact) mass is 343 g/mol. The average Bonchev–Trinajstić information content (AvgIpc) is 2.88. The molecule has 2 aromatic heterocycles. The van der Waals surface area contributed by atoms with Gasteiger partial charge in [0.15, 0.2) is 0 Å². The molecule has 0 atom stereocenters. The Labute approximate surface area is 142 Å². The third kappa shape index (κ3) is 3.09. The maximum absolute atomic E-state index is 12.5. The van der Waals surface area contributed by atoms with E-state index in [4.69, 9.17) is 16.7 Å². The maximum atomic E-state index is 12.5. The minimum absolute atomic E-state index is 0.206. The zero-order valence-electron chi connectivity index (χ0n) is 12.8. The van der Waals surface area contributed by atoms with Crippen LogP contribution in [0.5, 0.6) is 0 Å². The number of aryl methyl sites for hydroxylation is 1. The lowest BCUT2D eigenvalue weighted by molar-refractivity contribution is 0.0696. The minimum Gasteiger partial charge on any atom is -0.478 e. The van der Waals surface area contributed by atoms with Gasteiger partial charge in [0.05, 0.1) is 16.3 Å².